The maximum atomic E-state index is 12.7. The Morgan fingerprint density at radius 3 is 2.68 bits per heavy atom. The van der Waals surface area contributed by atoms with E-state index in [2.05, 4.69) is 5.32 Å². The fraction of sp³-hybridized carbons (Fsp3) is 0.267. The van der Waals surface area contributed by atoms with Crippen molar-refractivity contribution in [3.8, 4) is 0 Å². The Bertz CT molecular complexity index is 626. The predicted octanol–water partition coefficient (Wildman–Crippen LogP) is 4.48. The molecule has 7 heteroatoms. The lowest BCUT2D eigenvalue weighted by Gasteiger charge is -2.18. The molecule has 2 rings (SSSR count). The normalized spacial score (nSPS) is 12.7. The van der Waals surface area contributed by atoms with Crippen LogP contribution in [0, 0.1) is 0 Å². The number of halogens is 3. The third-order valence-corrected chi connectivity index (χ3v) is 3.79. The maximum absolute atomic E-state index is 12.7. The number of hydrogen-bond acceptors (Lipinski definition) is 4. The van der Waals surface area contributed by atoms with Crippen LogP contribution in [-0.2, 0) is 15.7 Å². The van der Waals surface area contributed by atoms with E-state index in [4.69, 9.17) is 4.74 Å². The maximum Gasteiger partial charge on any atom is 0.416 e. The van der Waals surface area contributed by atoms with Crippen molar-refractivity contribution in [2.75, 3.05) is 11.9 Å². The van der Waals surface area contributed by atoms with Crippen LogP contribution in [0.25, 0.3) is 0 Å². The fourth-order valence-electron chi connectivity index (χ4n) is 1.88. The van der Waals surface area contributed by atoms with Gasteiger partial charge in [-0.15, -0.1) is 11.3 Å². The van der Waals surface area contributed by atoms with Crippen LogP contribution in [0.2, 0.25) is 0 Å². The fourth-order valence-corrected chi connectivity index (χ4v) is 2.64. The Labute approximate surface area is 129 Å². The van der Waals surface area contributed by atoms with Gasteiger partial charge in [0.15, 0.2) is 6.04 Å². The Hall–Kier alpha value is -2.02. The standard InChI is InChI=1S/C15H14F3NO2S/c1-2-21-14(20)13(12-7-4-8-22-12)19-11-6-3-5-10(9-11)15(16,17)18/h3-9,13,19H,2H2,1H3. The molecule has 1 N–H and O–H groups in total. The molecule has 1 atom stereocenters. The first-order valence-corrected chi connectivity index (χ1v) is 7.43. The second-order valence-corrected chi connectivity index (χ2v) is 5.40. The Morgan fingerprint density at radius 1 is 1.32 bits per heavy atom. The topological polar surface area (TPSA) is 38.3 Å². The van der Waals surface area contributed by atoms with Crippen molar-refractivity contribution in [3.63, 3.8) is 0 Å². The van der Waals surface area contributed by atoms with E-state index in [1.165, 1.54) is 23.5 Å². The highest BCUT2D eigenvalue weighted by Crippen LogP contribution is 2.32. The average molecular weight is 329 g/mol. The van der Waals surface area contributed by atoms with Crippen molar-refractivity contribution < 1.29 is 22.7 Å². The summed E-state index contributed by atoms with van der Waals surface area (Å²) < 4.78 is 43.2. The van der Waals surface area contributed by atoms with Crippen LogP contribution in [0.5, 0.6) is 0 Å². The first-order valence-electron chi connectivity index (χ1n) is 6.55. The molecule has 0 saturated carbocycles. The Balaban J connectivity index is 2.26. The highest BCUT2D eigenvalue weighted by atomic mass is 32.1. The van der Waals surface area contributed by atoms with Gasteiger partial charge in [-0.25, -0.2) is 4.79 Å². The zero-order valence-electron chi connectivity index (χ0n) is 11.7. The van der Waals surface area contributed by atoms with Crippen LogP contribution in [0.15, 0.2) is 41.8 Å². The van der Waals surface area contributed by atoms with Gasteiger partial charge in [0.25, 0.3) is 0 Å². The summed E-state index contributed by atoms with van der Waals surface area (Å²) in [6, 6.07) is 7.39. The number of ether oxygens (including phenoxy) is 1. The summed E-state index contributed by atoms with van der Waals surface area (Å²) >= 11 is 1.33. The van der Waals surface area contributed by atoms with Crippen LogP contribution in [0.4, 0.5) is 18.9 Å². The Morgan fingerprint density at radius 2 is 2.09 bits per heavy atom. The van der Waals surface area contributed by atoms with Gasteiger partial charge in [-0.2, -0.15) is 13.2 Å². The number of alkyl halides is 3. The molecule has 0 amide bonds. The minimum absolute atomic E-state index is 0.199. The first kappa shape index (κ1) is 16.4. The molecule has 0 radical (unpaired) electrons. The van der Waals surface area contributed by atoms with Gasteiger partial charge in [0.2, 0.25) is 0 Å². The summed E-state index contributed by atoms with van der Waals surface area (Å²) in [7, 11) is 0. The van der Waals surface area contributed by atoms with E-state index in [1.807, 2.05) is 0 Å². The van der Waals surface area contributed by atoms with E-state index in [1.54, 1.807) is 24.4 Å². The number of thiophene rings is 1. The molecule has 0 aliphatic heterocycles. The SMILES string of the molecule is CCOC(=O)C(Nc1cccc(C(F)(F)F)c1)c1cccs1. The minimum Gasteiger partial charge on any atom is -0.464 e. The van der Waals surface area contributed by atoms with E-state index < -0.39 is 23.8 Å². The van der Waals surface area contributed by atoms with Crippen molar-refractivity contribution in [3.05, 3.63) is 52.2 Å². The van der Waals surface area contributed by atoms with E-state index in [0.29, 0.717) is 4.88 Å². The number of benzene rings is 1. The second kappa shape index (κ2) is 6.83. The lowest BCUT2D eigenvalue weighted by molar-refractivity contribution is -0.144. The molecule has 0 saturated heterocycles. The van der Waals surface area contributed by atoms with E-state index in [9.17, 15) is 18.0 Å². The monoisotopic (exact) mass is 329 g/mol. The number of nitrogens with one attached hydrogen (secondary N) is 1. The molecule has 1 aromatic heterocycles. The number of carbonyl (C=O) groups excluding carboxylic acids is 1. The van der Waals surface area contributed by atoms with Crippen LogP contribution < -0.4 is 5.32 Å². The van der Waals surface area contributed by atoms with Crippen LogP contribution in [0.1, 0.15) is 23.4 Å². The van der Waals surface area contributed by atoms with E-state index >= 15 is 0 Å². The van der Waals surface area contributed by atoms with Crippen molar-refractivity contribution >= 4 is 23.0 Å². The molecular weight excluding hydrogens is 315 g/mol. The van der Waals surface area contributed by atoms with Crippen molar-refractivity contribution in [1.82, 2.24) is 0 Å². The smallest absolute Gasteiger partial charge is 0.416 e. The van der Waals surface area contributed by atoms with E-state index in [-0.39, 0.29) is 12.3 Å². The molecule has 0 spiro atoms. The van der Waals surface area contributed by atoms with Gasteiger partial charge in [0.05, 0.1) is 12.2 Å². The third-order valence-electron chi connectivity index (χ3n) is 2.85. The van der Waals surface area contributed by atoms with Gasteiger partial charge >= 0.3 is 12.1 Å². The zero-order chi connectivity index (χ0) is 16.2. The molecular formula is C15H14F3NO2S. The predicted molar refractivity (Wildman–Crippen MR) is 78.8 cm³/mol. The highest BCUT2D eigenvalue weighted by molar-refractivity contribution is 7.10. The number of carbonyl (C=O) groups is 1. The Kier molecular flexibility index (Phi) is 5.07. The second-order valence-electron chi connectivity index (χ2n) is 4.42. The number of esters is 1. The molecule has 1 unspecified atom stereocenters. The van der Waals surface area contributed by atoms with Gasteiger partial charge in [-0.05, 0) is 36.6 Å². The summed E-state index contributed by atoms with van der Waals surface area (Å²) in [5.74, 6) is -0.526. The summed E-state index contributed by atoms with van der Waals surface area (Å²) in [5, 5.41) is 4.60. The van der Waals surface area contributed by atoms with Crippen LogP contribution >= 0.6 is 11.3 Å². The quantitative estimate of drug-likeness (QED) is 0.822. The van der Waals surface area contributed by atoms with Gasteiger partial charge in [-0.3, -0.25) is 0 Å². The molecule has 22 heavy (non-hydrogen) atoms. The number of anilines is 1. The molecule has 2 aromatic rings. The third kappa shape index (κ3) is 4.00. The molecule has 1 heterocycles. The molecule has 0 aliphatic carbocycles. The number of rotatable bonds is 5. The molecule has 3 nitrogen and oxygen atoms in total. The summed E-state index contributed by atoms with van der Waals surface area (Å²) in [6.45, 7) is 1.87. The van der Waals surface area contributed by atoms with Crippen molar-refractivity contribution in [2.45, 2.75) is 19.1 Å². The number of hydrogen-bond donors (Lipinski definition) is 1. The van der Waals surface area contributed by atoms with Crippen molar-refractivity contribution in [1.29, 1.82) is 0 Å². The summed E-state index contributed by atoms with van der Waals surface area (Å²) in [4.78, 5) is 12.7. The first-order chi connectivity index (χ1) is 10.4. The van der Waals surface area contributed by atoms with Gasteiger partial charge in [0, 0.05) is 10.6 Å². The van der Waals surface area contributed by atoms with Crippen LogP contribution in [0.3, 0.4) is 0 Å². The van der Waals surface area contributed by atoms with Crippen molar-refractivity contribution in [2.24, 2.45) is 0 Å². The summed E-state index contributed by atoms with van der Waals surface area (Å²) in [5.41, 5.74) is -0.562. The lowest BCUT2D eigenvalue weighted by Crippen LogP contribution is -2.22. The highest BCUT2D eigenvalue weighted by Gasteiger charge is 2.31. The van der Waals surface area contributed by atoms with Gasteiger partial charge in [0.1, 0.15) is 0 Å². The molecule has 0 bridgehead atoms. The molecule has 0 aliphatic rings. The minimum atomic E-state index is -4.43. The van der Waals surface area contributed by atoms with E-state index in [0.717, 1.165) is 12.1 Å². The van der Waals surface area contributed by atoms with Crippen LogP contribution in [-0.4, -0.2) is 12.6 Å². The summed E-state index contributed by atoms with van der Waals surface area (Å²) in [6.07, 6.45) is -4.43. The average Bonchev–Trinajstić information content (AvgIpc) is 2.98. The lowest BCUT2D eigenvalue weighted by atomic mass is 10.1. The largest absolute Gasteiger partial charge is 0.464 e. The molecule has 0 fully saturated rings. The molecule has 1 aromatic carbocycles. The van der Waals surface area contributed by atoms with Gasteiger partial charge in [-0.1, -0.05) is 12.1 Å². The molecule has 118 valence electrons. The zero-order valence-corrected chi connectivity index (χ0v) is 12.5. The van der Waals surface area contributed by atoms with Gasteiger partial charge < -0.3 is 10.1 Å².